The molecule has 0 aromatic heterocycles. The van der Waals surface area contributed by atoms with Crippen LogP contribution in [0.3, 0.4) is 0 Å². The molecule has 416 valence electrons. The summed E-state index contributed by atoms with van der Waals surface area (Å²) in [5.74, 6) is -5.06. The molecule has 0 aromatic carbocycles. The lowest BCUT2D eigenvalue weighted by molar-refractivity contribution is -0.304. The number of allylic oxidation sites excluding steroid dienone is 12. The van der Waals surface area contributed by atoms with Gasteiger partial charge in [-0.3, -0.25) is 9.59 Å². The van der Waals surface area contributed by atoms with Crippen LogP contribution in [0, 0.1) is 22.7 Å². The van der Waals surface area contributed by atoms with Gasteiger partial charge in [0.1, 0.15) is 12.2 Å². The van der Waals surface area contributed by atoms with Crippen LogP contribution in [0.4, 0.5) is 0 Å². The van der Waals surface area contributed by atoms with E-state index in [1.165, 1.54) is 0 Å². The van der Waals surface area contributed by atoms with E-state index in [1.54, 1.807) is 49.5 Å². The van der Waals surface area contributed by atoms with Crippen LogP contribution in [-0.4, -0.2) is 167 Å². The van der Waals surface area contributed by atoms with Crippen LogP contribution in [0.15, 0.2) is 85.1 Å². The number of cyclic esters (lactones) is 1. The highest BCUT2D eigenvalue weighted by Crippen LogP contribution is 2.39. The molecule has 0 aromatic rings. The van der Waals surface area contributed by atoms with Gasteiger partial charge >= 0.3 is 5.97 Å². The number of aliphatic hydroxyl groups is 10. The number of hydrogen-bond donors (Lipinski definition) is 12. The lowest BCUT2D eigenvalue weighted by Gasteiger charge is -2.46. The van der Waals surface area contributed by atoms with Gasteiger partial charge in [0.05, 0.1) is 86.0 Å². The number of hydrogen-bond acceptors (Lipinski definition) is 17. The summed E-state index contributed by atoms with van der Waals surface area (Å²) in [5, 5.41) is 113. The summed E-state index contributed by atoms with van der Waals surface area (Å²) in [4.78, 5) is 26.8. The quantitative estimate of drug-likeness (QED) is 0.156. The number of fused-ring (bicyclic) bond motifs is 2. The lowest BCUT2D eigenvalue weighted by atomic mass is 9.73. The number of rotatable bonds is 8. The fourth-order valence-corrected chi connectivity index (χ4v) is 9.44. The van der Waals surface area contributed by atoms with Gasteiger partial charge in [0, 0.05) is 44.6 Å². The smallest absolute Gasteiger partial charge is 0.308 e. The van der Waals surface area contributed by atoms with Gasteiger partial charge in [-0.15, -0.1) is 0 Å². The van der Waals surface area contributed by atoms with E-state index >= 15 is 0 Å². The Morgan fingerprint density at radius 2 is 1.30 bits per heavy atom. The van der Waals surface area contributed by atoms with Gasteiger partial charge in [0.25, 0.3) is 0 Å². The monoisotopic (exact) mass is 1030 g/mol. The Morgan fingerprint density at radius 1 is 0.712 bits per heavy atom. The number of carbonyl (C=O) groups excluding carboxylic acids is 2. The van der Waals surface area contributed by atoms with E-state index in [0.29, 0.717) is 0 Å². The topological polar surface area (TPSA) is 311 Å². The Balaban J connectivity index is 1.95. The predicted molar refractivity (Wildman–Crippen MR) is 276 cm³/mol. The van der Waals surface area contributed by atoms with Crippen molar-refractivity contribution < 1.29 is 79.6 Å². The van der Waals surface area contributed by atoms with E-state index in [1.807, 2.05) is 63.3 Å². The maximum atomic E-state index is 14.2. The first-order chi connectivity index (χ1) is 34.2. The van der Waals surface area contributed by atoms with E-state index in [2.05, 4.69) is 26.1 Å². The van der Waals surface area contributed by atoms with Crippen molar-refractivity contribution in [1.82, 2.24) is 5.32 Å². The SMILES string of the molecule is CCC(C)(C)CC(C)(C)CNC(=O)C1[C@@H]2CC(O[C@@H]3OC[C@@H](O)[C@H](N)[C@@H]3O)/C=C/C=C/C=C/C=C/C=C/C=C/C=C/[C@H](C)[C@@H](O)C[C@H](C)OC(=O)CC(O)CC(O)CCC(O)C(O)CC(O)CC(O)(C[C@@H]1O)O2. The number of nitrogens with one attached hydrogen (secondary N) is 1. The average molecular weight is 1040 g/mol. The summed E-state index contributed by atoms with van der Waals surface area (Å²) >= 11 is 0. The number of carbonyl (C=O) groups is 2. The number of amides is 1. The van der Waals surface area contributed by atoms with E-state index < -0.39 is 135 Å². The van der Waals surface area contributed by atoms with Crippen LogP contribution in [-0.2, 0) is 28.5 Å². The van der Waals surface area contributed by atoms with Crippen LogP contribution >= 0.6 is 0 Å². The Morgan fingerprint density at radius 3 is 1.90 bits per heavy atom. The predicted octanol–water partition coefficient (Wildman–Crippen LogP) is 2.96. The summed E-state index contributed by atoms with van der Waals surface area (Å²) < 4.78 is 23.6. The number of ether oxygens (including phenoxy) is 4. The molecule has 2 fully saturated rings. The Hall–Kier alpha value is -3.44. The molecule has 0 radical (unpaired) electrons. The van der Waals surface area contributed by atoms with Crippen molar-refractivity contribution in [3.05, 3.63) is 85.1 Å². The number of esters is 1. The highest BCUT2D eigenvalue weighted by atomic mass is 16.7. The standard InChI is InChI=1S/C55H90N2O16/c1-8-53(4,5)33-54(6,7)34-57-51(68)48-44(64)31-55(69)30-39(60)27-43(63)41(61)24-23-37(58)26-38(59)28-47(66)71-36(3)25-42(62)35(2)21-19-17-15-13-11-9-10-12-14-16-18-20-22-40(29-46(48)73-55)72-52-50(67)49(56)45(65)32-70-52/h9-22,35-46,48-50,52,58-65,67,69H,8,23-34,56H2,1-7H3,(H,57,68)/b10-9+,13-11+,14-12+,17-15+,18-16+,21-19+,22-20+/t35-,36-,37?,38?,39?,40?,41?,42-,43?,44-,45+,46-,48?,49-,50-,52-,55?/m0/s1. The molecule has 3 aliphatic heterocycles. The summed E-state index contributed by atoms with van der Waals surface area (Å²) in [6.07, 6.45) is 7.79. The minimum atomic E-state index is -2.27. The van der Waals surface area contributed by atoms with E-state index in [-0.39, 0.29) is 62.0 Å². The van der Waals surface area contributed by atoms with E-state index in [0.717, 1.165) is 12.8 Å². The van der Waals surface area contributed by atoms with Crippen molar-refractivity contribution in [1.29, 1.82) is 0 Å². The van der Waals surface area contributed by atoms with Gasteiger partial charge in [0.2, 0.25) is 5.91 Å². The largest absolute Gasteiger partial charge is 0.462 e. The minimum absolute atomic E-state index is 0.0152. The molecule has 17 atom stereocenters. The minimum Gasteiger partial charge on any atom is -0.462 e. The van der Waals surface area contributed by atoms with Crippen LogP contribution in [0.5, 0.6) is 0 Å². The molecule has 3 rings (SSSR count). The van der Waals surface area contributed by atoms with Crippen LogP contribution in [0.2, 0.25) is 0 Å². The molecule has 18 heteroatoms. The molecule has 73 heavy (non-hydrogen) atoms. The third-order valence-electron chi connectivity index (χ3n) is 13.7. The molecule has 0 saturated carbocycles. The Bertz CT molecular complexity index is 1870. The van der Waals surface area contributed by atoms with Gasteiger partial charge in [0.15, 0.2) is 12.1 Å². The second-order valence-corrected chi connectivity index (χ2v) is 21.9. The zero-order valence-electron chi connectivity index (χ0n) is 44.0. The zero-order valence-corrected chi connectivity index (χ0v) is 44.0. The third-order valence-corrected chi connectivity index (χ3v) is 13.7. The summed E-state index contributed by atoms with van der Waals surface area (Å²) in [6, 6.07) is -1.11. The molecule has 3 aliphatic rings. The third kappa shape index (κ3) is 23.6. The number of aliphatic hydroxyl groups excluding tert-OH is 9. The molecule has 2 bridgehead atoms. The molecule has 8 unspecified atom stereocenters. The average Bonchev–Trinajstić information content (AvgIpc) is 3.28. The molecular weight excluding hydrogens is 945 g/mol. The highest BCUT2D eigenvalue weighted by Gasteiger charge is 2.51. The van der Waals surface area contributed by atoms with Crippen molar-refractivity contribution >= 4 is 11.9 Å². The molecular formula is C55H90N2O16. The van der Waals surface area contributed by atoms with E-state index in [9.17, 15) is 60.7 Å². The van der Waals surface area contributed by atoms with Gasteiger partial charge < -0.3 is 81.1 Å². The highest BCUT2D eigenvalue weighted by molar-refractivity contribution is 5.80. The second-order valence-electron chi connectivity index (χ2n) is 21.9. The Labute approximate surface area is 432 Å². The number of nitrogens with two attached hydrogens (primary N) is 1. The van der Waals surface area contributed by atoms with Crippen molar-refractivity contribution in [2.24, 2.45) is 28.4 Å². The summed E-state index contributed by atoms with van der Waals surface area (Å²) in [7, 11) is 0. The summed E-state index contributed by atoms with van der Waals surface area (Å²) in [5.41, 5.74) is 5.70. The first kappa shape index (κ1) is 63.8. The zero-order chi connectivity index (χ0) is 54.5. The van der Waals surface area contributed by atoms with Crippen molar-refractivity contribution in [3.63, 3.8) is 0 Å². The van der Waals surface area contributed by atoms with Crippen LogP contribution < -0.4 is 11.1 Å². The molecule has 3 heterocycles. The van der Waals surface area contributed by atoms with Crippen molar-refractivity contribution in [2.45, 2.75) is 210 Å². The molecule has 13 N–H and O–H groups in total. The molecule has 1 amide bonds. The first-order valence-electron chi connectivity index (χ1n) is 25.9. The lowest BCUT2D eigenvalue weighted by Crippen LogP contribution is -2.60. The normalized spacial score (nSPS) is 40.2. The molecule has 0 spiro atoms. The fraction of sp³-hybridized carbons (Fsp3) is 0.709. The van der Waals surface area contributed by atoms with Crippen molar-refractivity contribution in [2.75, 3.05) is 13.2 Å². The van der Waals surface area contributed by atoms with Crippen LogP contribution in [0.1, 0.15) is 119 Å². The maximum Gasteiger partial charge on any atom is 0.308 e. The Kier molecular flexibility index (Phi) is 27.1. The maximum absolute atomic E-state index is 14.2. The first-order valence-corrected chi connectivity index (χ1v) is 25.9. The summed E-state index contributed by atoms with van der Waals surface area (Å²) in [6.45, 7) is 13.9. The molecule has 2 saturated heterocycles. The van der Waals surface area contributed by atoms with Gasteiger partial charge in [-0.25, -0.2) is 0 Å². The molecule has 18 nitrogen and oxygen atoms in total. The fourth-order valence-electron chi connectivity index (χ4n) is 9.44. The van der Waals surface area contributed by atoms with Crippen LogP contribution in [0.25, 0.3) is 0 Å². The second kappa shape index (κ2) is 30.9. The van der Waals surface area contributed by atoms with Gasteiger partial charge in [-0.1, -0.05) is 133 Å². The van der Waals surface area contributed by atoms with Crippen molar-refractivity contribution in [3.8, 4) is 0 Å². The van der Waals surface area contributed by atoms with Gasteiger partial charge in [-0.05, 0) is 43.4 Å². The van der Waals surface area contributed by atoms with Gasteiger partial charge in [-0.2, -0.15) is 0 Å². The molecule has 0 aliphatic carbocycles. The van der Waals surface area contributed by atoms with E-state index in [4.69, 9.17) is 24.7 Å².